The van der Waals surface area contributed by atoms with Crippen LogP contribution in [0.2, 0.25) is 0 Å². The van der Waals surface area contributed by atoms with E-state index in [1.165, 1.54) is 5.56 Å². The van der Waals surface area contributed by atoms with E-state index < -0.39 is 0 Å². The maximum absolute atomic E-state index is 4.05. The minimum absolute atomic E-state index is 0.745. The highest BCUT2D eigenvalue weighted by Gasteiger charge is 2.05. The van der Waals surface area contributed by atoms with Crippen molar-refractivity contribution in [3.8, 4) is 0 Å². The molecule has 0 fully saturated rings. The van der Waals surface area contributed by atoms with Crippen LogP contribution in [0.25, 0.3) is 0 Å². The van der Waals surface area contributed by atoms with E-state index in [9.17, 15) is 0 Å². The molecule has 3 heteroatoms. The molecule has 62 valence electrons. The van der Waals surface area contributed by atoms with Crippen LogP contribution in [0.5, 0.6) is 0 Å². The lowest BCUT2D eigenvalue weighted by atomic mass is 10.2. The van der Waals surface area contributed by atoms with Gasteiger partial charge < -0.3 is 5.43 Å². The first kappa shape index (κ1) is 7.31. The molecule has 1 N–H and O–H groups in total. The van der Waals surface area contributed by atoms with Crippen molar-refractivity contribution in [2.24, 2.45) is 4.99 Å². The zero-order valence-corrected chi connectivity index (χ0v) is 6.77. The molecule has 1 heterocycles. The van der Waals surface area contributed by atoms with E-state index in [1.54, 1.807) is 6.34 Å². The number of aliphatic imine (C=N–C) groups is 1. The fourth-order valence-electron chi connectivity index (χ4n) is 1.20. The largest absolute Gasteiger partial charge is 0.307 e. The van der Waals surface area contributed by atoms with Gasteiger partial charge >= 0.3 is 0 Å². The molecule has 0 unspecified atom stereocenters. The Balaban J connectivity index is 1.95. The average Bonchev–Trinajstić information content (AvgIpc) is 2.59. The minimum atomic E-state index is 0.745. The summed E-state index contributed by atoms with van der Waals surface area (Å²) in [5.74, 6) is 0. The number of hydrogen-bond acceptors (Lipinski definition) is 3. The van der Waals surface area contributed by atoms with E-state index >= 15 is 0 Å². The predicted octanol–water partition coefficient (Wildman–Crippen LogP) is 0.993. The zero-order chi connectivity index (χ0) is 8.23. The molecule has 0 saturated carbocycles. The molecule has 3 nitrogen and oxygen atoms in total. The highest BCUT2D eigenvalue weighted by molar-refractivity contribution is 5.55. The molecule has 1 aliphatic heterocycles. The Morgan fingerprint density at radius 2 is 2.17 bits per heavy atom. The molecule has 0 aliphatic carbocycles. The van der Waals surface area contributed by atoms with Crippen molar-refractivity contribution < 1.29 is 0 Å². The highest BCUT2D eigenvalue weighted by Crippen LogP contribution is 2.02. The summed E-state index contributed by atoms with van der Waals surface area (Å²) in [6, 6.07) is 10.3. The standard InChI is InChI=1S/C9H11N3/c1-2-4-9(5-3-1)6-12-8-10-7-11-12/h1-5,7H,6,8H2,(H,10,11). The average molecular weight is 161 g/mol. The Bertz CT molecular complexity index is 260. The monoisotopic (exact) mass is 161 g/mol. The molecule has 0 atom stereocenters. The van der Waals surface area contributed by atoms with Gasteiger partial charge in [-0.15, -0.1) is 0 Å². The van der Waals surface area contributed by atoms with Crippen LogP contribution in [0.15, 0.2) is 35.3 Å². The van der Waals surface area contributed by atoms with Crippen LogP contribution in [0, 0.1) is 0 Å². The van der Waals surface area contributed by atoms with Crippen molar-refractivity contribution in [3.63, 3.8) is 0 Å². The molecule has 0 radical (unpaired) electrons. The van der Waals surface area contributed by atoms with Crippen LogP contribution in [-0.4, -0.2) is 18.0 Å². The van der Waals surface area contributed by atoms with E-state index in [2.05, 4.69) is 27.6 Å². The molecule has 2 rings (SSSR count). The van der Waals surface area contributed by atoms with Crippen molar-refractivity contribution in [1.29, 1.82) is 0 Å². The van der Waals surface area contributed by atoms with Gasteiger partial charge in [0, 0.05) is 6.54 Å². The van der Waals surface area contributed by atoms with Gasteiger partial charge in [0.1, 0.15) is 6.67 Å². The van der Waals surface area contributed by atoms with E-state index in [0.29, 0.717) is 0 Å². The van der Waals surface area contributed by atoms with Crippen LogP contribution in [0.1, 0.15) is 5.56 Å². The quantitative estimate of drug-likeness (QED) is 0.700. The minimum Gasteiger partial charge on any atom is -0.307 e. The molecule has 1 aromatic carbocycles. The zero-order valence-electron chi connectivity index (χ0n) is 6.77. The van der Waals surface area contributed by atoms with E-state index in [0.717, 1.165) is 13.2 Å². The first-order valence-electron chi connectivity index (χ1n) is 3.98. The fraction of sp³-hybridized carbons (Fsp3) is 0.222. The van der Waals surface area contributed by atoms with Crippen molar-refractivity contribution in [2.75, 3.05) is 6.67 Å². The van der Waals surface area contributed by atoms with E-state index in [-0.39, 0.29) is 0 Å². The summed E-state index contributed by atoms with van der Waals surface area (Å²) in [4.78, 5) is 4.05. The maximum atomic E-state index is 4.05. The van der Waals surface area contributed by atoms with Gasteiger partial charge in [-0.3, -0.25) is 4.99 Å². The smallest absolute Gasteiger partial charge is 0.110 e. The summed E-state index contributed by atoms with van der Waals surface area (Å²) >= 11 is 0. The summed E-state index contributed by atoms with van der Waals surface area (Å²) < 4.78 is 0. The molecule has 0 spiro atoms. The third kappa shape index (κ3) is 1.62. The SMILES string of the molecule is C1=NCN(Cc2ccccc2)N1. The topological polar surface area (TPSA) is 27.6 Å². The Morgan fingerprint density at radius 3 is 2.83 bits per heavy atom. The molecular formula is C9H11N3. The normalized spacial score (nSPS) is 16.3. The van der Waals surface area contributed by atoms with Crippen LogP contribution in [0.4, 0.5) is 0 Å². The second kappa shape index (κ2) is 3.36. The first-order valence-corrected chi connectivity index (χ1v) is 3.98. The van der Waals surface area contributed by atoms with Gasteiger partial charge in [-0.25, -0.2) is 0 Å². The van der Waals surface area contributed by atoms with Crippen molar-refractivity contribution in [2.45, 2.75) is 6.54 Å². The van der Waals surface area contributed by atoms with Crippen molar-refractivity contribution in [1.82, 2.24) is 10.4 Å². The predicted molar refractivity (Wildman–Crippen MR) is 48.5 cm³/mol. The van der Waals surface area contributed by atoms with Gasteiger partial charge in [0.2, 0.25) is 0 Å². The Kier molecular flexibility index (Phi) is 2.05. The summed E-state index contributed by atoms with van der Waals surface area (Å²) in [6.45, 7) is 1.65. The Labute approximate surface area is 71.7 Å². The second-order valence-corrected chi connectivity index (χ2v) is 2.77. The number of hydrogen-bond donors (Lipinski definition) is 1. The van der Waals surface area contributed by atoms with Gasteiger partial charge in [-0.2, -0.15) is 5.01 Å². The molecule has 0 amide bonds. The Hall–Kier alpha value is -1.35. The molecule has 1 aliphatic rings. The molecule has 0 bridgehead atoms. The van der Waals surface area contributed by atoms with Crippen LogP contribution >= 0.6 is 0 Å². The number of nitrogens with one attached hydrogen (secondary N) is 1. The third-order valence-electron chi connectivity index (χ3n) is 1.80. The fourth-order valence-corrected chi connectivity index (χ4v) is 1.20. The molecular weight excluding hydrogens is 150 g/mol. The van der Waals surface area contributed by atoms with Crippen molar-refractivity contribution >= 4 is 6.34 Å². The number of nitrogens with zero attached hydrogens (tertiary/aromatic N) is 2. The number of benzene rings is 1. The highest BCUT2D eigenvalue weighted by atomic mass is 15.6. The molecule has 12 heavy (non-hydrogen) atoms. The second-order valence-electron chi connectivity index (χ2n) is 2.77. The Morgan fingerprint density at radius 1 is 1.33 bits per heavy atom. The van der Waals surface area contributed by atoms with Crippen molar-refractivity contribution in [3.05, 3.63) is 35.9 Å². The summed E-state index contributed by atoms with van der Waals surface area (Å²) in [7, 11) is 0. The van der Waals surface area contributed by atoms with Gasteiger partial charge in [-0.05, 0) is 5.56 Å². The lowest BCUT2D eigenvalue weighted by Crippen LogP contribution is -2.30. The molecule has 1 aromatic rings. The van der Waals surface area contributed by atoms with Gasteiger partial charge in [0.15, 0.2) is 0 Å². The van der Waals surface area contributed by atoms with Crippen LogP contribution in [-0.2, 0) is 6.54 Å². The van der Waals surface area contributed by atoms with E-state index in [4.69, 9.17) is 0 Å². The first-order chi connectivity index (χ1) is 5.95. The van der Waals surface area contributed by atoms with E-state index in [1.807, 2.05) is 18.2 Å². The number of hydrazine groups is 1. The summed E-state index contributed by atoms with van der Waals surface area (Å²) in [5, 5.41) is 2.05. The maximum Gasteiger partial charge on any atom is 0.110 e. The lowest BCUT2D eigenvalue weighted by molar-refractivity contribution is 0.259. The lowest BCUT2D eigenvalue weighted by Gasteiger charge is -2.13. The van der Waals surface area contributed by atoms with Gasteiger partial charge in [0.05, 0.1) is 6.34 Å². The van der Waals surface area contributed by atoms with Crippen LogP contribution < -0.4 is 5.43 Å². The summed E-state index contributed by atoms with van der Waals surface area (Å²) in [5.41, 5.74) is 4.35. The summed E-state index contributed by atoms with van der Waals surface area (Å²) in [6.07, 6.45) is 1.73. The third-order valence-corrected chi connectivity index (χ3v) is 1.80. The number of rotatable bonds is 2. The van der Waals surface area contributed by atoms with Gasteiger partial charge in [0.25, 0.3) is 0 Å². The molecule has 0 aromatic heterocycles. The van der Waals surface area contributed by atoms with Gasteiger partial charge in [-0.1, -0.05) is 30.3 Å². The van der Waals surface area contributed by atoms with Crippen LogP contribution in [0.3, 0.4) is 0 Å². The molecule has 0 saturated heterocycles.